The minimum absolute atomic E-state index is 0.0389. The first kappa shape index (κ1) is 24.1. The van der Waals surface area contributed by atoms with E-state index in [2.05, 4.69) is 5.32 Å². The maximum Gasteiger partial charge on any atom is 0.293 e. The van der Waals surface area contributed by atoms with Gasteiger partial charge in [0.15, 0.2) is 11.5 Å². The van der Waals surface area contributed by atoms with Crippen molar-refractivity contribution in [3.8, 4) is 11.5 Å². The first-order valence-corrected chi connectivity index (χ1v) is 12.2. The minimum atomic E-state index is -0.488. The Morgan fingerprint density at radius 2 is 1.97 bits per heavy atom. The van der Waals surface area contributed by atoms with Gasteiger partial charge in [0, 0.05) is 31.6 Å². The smallest absolute Gasteiger partial charge is 0.293 e. The fourth-order valence-electron chi connectivity index (χ4n) is 4.13. The quantitative estimate of drug-likeness (QED) is 0.637. The van der Waals surface area contributed by atoms with Crippen LogP contribution in [0.5, 0.6) is 11.5 Å². The Bertz CT molecular complexity index is 1050. The van der Waals surface area contributed by atoms with Crippen molar-refractivity contribution in [1.29, 1.82) is 0 Å². The predicted molar refractivity (Wildman–Crippen MR) is 127 cm³/mol. The molecule has 1 aromatic carbocycles. The highest BCUT2D eigenvalue weighted by molar-refractivity contribution is 8.18. The number of piperidine rings is 1. The SMILES string of the molecule is CC(C)(C)C(=O)N1CCCC(C(=O)NCCN2C(=O)S/C(=C/c3ccc4c(c3)OCO4)C2=O)C1. The fraction of sp³-hybridized carbons (Fsp3) is 0.500. The number of benzene rings is 1. The molecule has 0 bridgehead atoms. The predicted octanol–water partition coefficient (Wildman–Crippen LogP) is 2.85. The Kier molecular flexibility index (Phi) is 6.88. The van der Waals surface area contributed by atoms with Crippen molar-refractivity contribution in [3.05, 3.63) is 28.7 Å². The number of likely N-dealkylation sites (tertiary alicyclic amines) is 1. The molecule has 3 heterocycles. The fourth-order valence-corrected chi connectivity index (χ4v) is 5.00. The monoisotopic (exact) mass is 487 g/mol. The highest BCUT2D eigenvalue weighted by Crippen LogP contribution is 2.36. The molecule has 0 aromatic heterocycles. The van der Waals surface area contributed by atoms with E-state index < -0.39 is 5.41 Å². The molecule has 0 aliphatic carbocycles. The van der Waals surface area contributed by atoms with Crippen molar-refractivity contribution in [2.24, 2.45) is 11.3 Å². The molecule has 34 heavy (non-hydrogen) atoms. The van der Waals surface area contributed by atoms with Crippen LogP contribution in [0, 0.1) is 11.3 Å². The first-order valence-electron chi connectivity index (χ1n) is 11.4. The van der Waals surface area contributed by atoms with Gasteiger partial charge in [-0.1, -0.05) is 26.8 Å². The molecule has 2 saturated heterocycles. The summed E-state index contributed by atoms with van der Waals surface area (Å²) < 4.78 is 10.6. The molecule has 1 atom stereocenters. The van der Waals surface area contributed by atoms with Crippen molar-refractivity contribution < 1.29 is 28.7 Å². The largest absolute Gasteiger partial charge is 0.454 e. The molecule has 0 saturated carbocycles. The number of imide groups is 1. The van der Waals surface area contributed by atoms with Crippen LogP contribution in [0.1, 0.15) is 39.2 Å². The van der Waals surface area contributed by atoms with Gasteiger partial charge >= 0.3 is 0 Å². The van der Waals surface area contributed by atoms with Crippen LogP contribution in [0.2, 0.25) is 0 Å². The van der Waals surface area contributed by atoms with E-state index in [-0.39, 0.29) is 48.8 Å². The zero-order valence-corrected chi connectivity index (χ0v) is 20.4. The molecule has 0 radical (unpaired) electrons. The van der Waals surface area contributed by atoms with Gasteiger partial charge in [-0.2, -0.15) is 0 Å². The molecular formula is C24H29N3O6S. The summed E-state index contributed by atoms with van der Waals surface area (Å²) in [6.45, 7) is 7.08. The van der Waals surface area contributed by atoms with Crippen LogP contribution in [-0.2, 0) is 14.4 Å². The molecule has 3 aliphatic heterocycles. The zero-order valence-electron chi connectivity index (χ0n) is 19.6. The number of ether oxygens (including phenoxy) is 2. The Labute approximate surface area is 202 Å². The molecule has 4 amide bonds. The first-order chi connectivity index (χ1) is 16.1. The average Bonchev–Trinajstić information content (AvgIpc) is 3.37. The number of nitrogens with one attached hydrogen (secondary N) is 1. The summed E-state index contributed by atoms with van der Waals surface area (Å²) in [5.74, 6) is 0.444. The van der Waals surface area contributed by atoms with Crippen LogP contribution < -0.4 is 14.8 Å². The Morgan fingerprint density at radius 3 is 2.74 bits per heavy atom. The van der Waals surface area contributed by atoms with E-state index in [4.69, 9.17) is 9.47 Å². The van der Waals surface area contributed by atoms with Gasteiger partial charge in [0.05, 0.1) is 10.8 Å². The molecule has 1 N–H and O–H groups in total. The highest BCUT2D eigenvalue weighted by atomic mass is 32.2. The van der Waals surface area contributed by atoms with E-state index in [0.29, 0.717) is 35.9 Å². The van der Waals surface area contributed by atoms with E-state index in [0.717, 1.165) is 28.6 Å². The molecule has 9 nitrogen and oxygen atoms in total. The van der Waals surface area contributed by atoms with E-state index in [9.17, 15) is 19.2 Å². The third-order valence-electron chi connectivity index (χ3n) is 5.92. The van der Waals surface area contributed by atoms with Crippen molar-refractivity contribution in [3.63, 3.8) is 0 Å². The van der Waals surface area contributed by atoms with Crippen LogP contribution in [-0.4, -0.2) is 65.7 Å². The number of amides is 4. The number of nitrogens with zero attached hydrogens (tertiary/aromatic N) is 2. The average molecular weight is 488 g/mol. The molecule has 182 valence electrons. The van der Waals surface area contributed by atoms with Crippen LogP contribution in [0.3, 0.4) is 0 Å². The number of carbonyl (C=O) groups is 4. The van der Waals surface area contributed by atoms with Crippen LogP contribution >= 0.6 is 11.8 Å². The summed E-state index contributed by atoms with van der Waals surface area (Å²) in [5, 5.41) is 2.46. The maximum atomic E-state index is 12.7. The van der Waals surface area contributed by atoms with Gasteiger partial charge in [0.1, 0.15) is 0 Å². The Hall–Kier alpha value is -3.01. The lowest BCUT2D eigenvalue weighted by Gasteiger charge is -2.35. The second-order valence-corrected chi connectivity index (χ2v) is 10.6. The van der Waals surface area contributed by atoms with E-state index >= 15 is 0 Å². The molecule has 0 spiro atoms. The summed E-state index contributed by atoms with van der Waals surface area (Å²) >= 11 is 0.872. The number of thioether (sulfide) groups is 1. The summed E-state index contributed by atoms with van der Waals surface area (Å²) in [5.41, 5.74) is 0.243. The van der Waals surface area contributed by atoms with Crippen molar-refractivity contribution in [2.75, 3.05) is 33.0 Å². The van der Waals surface area contributed by atoms with Gasteiger partial charge in [-0.3, -0.25) is 24.1 Å². The topological polar surface area (TPSA) is 105 Å². The number of fused-ring (bicyclic) bond motifs is 1. The third-order valence-corrected chi connectivity index (χ3v) is 6.83. The minimum Gasteiger partial charge on any atom is -0.454 e. The van der Waals surface area contributed by atoms with E-state index in [1.165, 1.54) is 0 Å². The van der Waals surface area contributed by atoms with Crippen LogP contribution in [0.15, 0.2) is 23.1 Å². The number of hydrogen-bond donors (Lipinski definition) is 1. The lowest BCUT2D eigenvalue weighted by Crippen LogP contribution is -2.49. The van der Waals surface area contributed by atoms with Crippen LogP contribution in [0.4, 0.5) is 4.79 Å². The second kappa shape index (κ2) is 9.69. The van der Waals surface area contributed by atoms with Gasteiger partial charge in [0.2, 0.25) is 18.6 Å². The number of carbonyl (C=O) groups excluding carboxylic acids is 4. The van der Waals surface area contributed by atoms with Crippen LogP contribution in [0.25, 0.3) is 6.08 Å². The summed E-state index contributed by atoms with van der Waals surface area (Å²) in [6.07, 6.45) is 3.13. The summed E-state index contributed by atoms with van der Waals surface area (Å²) in [4.78, 5) is 53.6. The highest BCUT2D eigenvalue weighted by Gasteiger charge is 2.36. The zero-order chi connectivity index (χ0) is 24.5. The number of hydrogen-bond acceptors (Lipinski definition) is 7. The van der Waals surface area contributed by atoms with E-state index in [1.54, 1.807) is 29.2 Å². The van der Waals surface area contributed by atoms with Crippen molar-refractivity contribution in [1.82, 2.24) is 15.1 Å². The van der Waals surface area contributed by atoms with Gasteiger partial charge in [-0.05, 0) is 48.4 Å². The molecule has 2 fully saturated rings. The Morgan fingerprint density at radius 1 is 1.21 bits per heavy atom. The van der Waals surface area contributed by atoms with Crippen molar-refractivity contribution in [2.45, 2.75) is 33.6 Å². The van der Waals surface area contributed by atoms with E-state index in [1.807, 2.05) is 20.8 Å². The molecule has 3 aliphatic rings. The lowest BCUT2D eigenvalue weighted by atomic mass is 9.91. The van der Waals surface area contributed by atoms with Crippen molar-refractivity contribution >= 4 is 40.8 Å². The maximum absolute atomic E-state index is 12.7. The van der Waals surface area contributed by atoms with Gasteiger partial charge in [-0.25, -0.2) is 0 Å². The van der Waals surface area contributed by atoms with Gasteiger partial charge in [0.25, 0.3) is 11.1 Å². The Balaban J connectivity index is 1.30. The standard InChI is InChI=1S/C24H29N3O6S/c1-24(2,3)22(30)26-9-4-5-16(13-26)20(28)25-8-10-27-21(29)19(34-23(27)31)12-15-6-7-17-18(11-15)33-14-32-17/h6-7,11-12,16H,4-5,8-10,13-14H2,1-3H3,(H,25,28)/b19-12+. The third kappa shape index (κ3) is 5.22. The van der Waals surface area contributed by atoms with Gasteiger partial charge in [-0.15, -0.1) is 0 Å². The normalized spacial score (nSPS) is 21.4. The number of rotatable bonds is 5. The molecule has 1 aromatic rings. The summed E-state index contributed by atoms with van der Waals surface area (Å²) in [6, 6.07) is 5.31. The lowest BCUT2D eigenvalue weighted by molar-refractivity contribution is -0.142. The molecular weight excluding hydrogens is 458 g/mol. The second-order valence-electron chi connectivity index (χ2n) is 9.58. The summed E-state index contributed by atoms with van der Waals surface area (Å²) in [7, 11) is 0. The molecule has 10 heteroatoms. The molecule has 1 unspecified atom stereocenters. The molecule has 4 rings (SSSR count). The van der Waals surface area contributed by atoms with Gasteiger partial charge < -0.3 is 19.7 Å².